The van der Waals surface area contributed by atoms with E-state index >= 15 is 0 Å². The van der Waals surface area contributed by atoms with E-state index in [1.165, 1.54) is 9.75 Å². The number of nitrogens with zero attached hydrogens (tertiary/aromatic N) is 2. The van der Waals surface area contributed by atoms with Crippen molar-refractivity contribution in [1.82, 2.24) is 20.5 Å². The molecule has 108 valence electrons. The van der Waals surface area contributed by atoms with E-state index in [4.69, 9.17) is 0 Å². The van der Waals surface area contributed by atoms with Crippen LogP contribution in [0.1, 0.15) is 64.5 Å². The van der Waals surface area contributed by atoms with E-state index in [1.807, 2.05) is 20.8 Å². The number of nitrogens with one attached hydrogen (secondary N) is 2. The zero-order valence-corrected chi connectivity index (χ0v) is 13.3. The van der Waals surface area contributed by atoms with Crippen molar-refractivity contribution in [3.63, 3.8) is 0 Å². The van der Waals surface area contributed by atoms with Gasteiger partial charge in [0.15, 0.2) is 0 Å². The van der Waals surface area contributed by atoms with Gasteiger partial charge in [-0.15, -0.1) is 16.4 Å². The van der Waals surface area contributed by atoms with Gasteiger partial charge >= 0.3 is 0 Å². The molecular weight excluding hydrogens is 272 g/mol. The summed E-state index contributed by atoms with van der Waals surface area (Å²) in [5.74, 6) is 0.905. The van der Waals surface area contributed by atoms with E-state index in [1.54, 1.807) is 11.3 Å². The van der Waals surface area contributed by atoms with Crippen LogP contribution in [-0.2, 0) is 0 Å². The van der Waals surface area contributed by atoms with Gasteiger partial charge < -0.3 is 5.32 Å². The Labute approximate surface area is 122 Å². The van der Waals surface area contributed by atoms with E-state index in [0.717, 1.165) is 11.4 Å². The monoisotopic (exact) mass is 292 g/mol. The summed E-state index contributed by atoms with van der Waals surface area (Å²) in [6.07, 6.45) is 0. The highest BCUT2D eigenvalue weighted by Crippen LogP contribution is 2.26. The number of amides is 1. The zero-order valence-electron chi connectivity index (χ0n) is 12.4. The van der Waals surface area contributed by atoms with E-state index in [2.05, 4.69) is 40.4 Å². The molecule has 0 aromatic carbocycles. The average Bonchev–Trinajstić information content (AvgIpc) is 2.95. The van der Waals surface area contributed by atoms with Crippen molar-refractivity contribution in [2.75, 3.05) is 0 Å². The summed E-state index contributed by atoms with van der Waals surface area (Å²) in [7, 11) is 0. The Kier molecular flexibility index (Phi) is 4.23. The number of carbonyl (C=O) groups is 1. The van der Waals surface area contributed by atoms with Crippen LogP contribution in [-0.4, -0.2) is 21.1 Å². The topological polar surface area (TPSA) is 70.7 Å². The molecule has 2 aromatic heterocycles. The maximum Gasteiger partial charge on any atom is 0.291 e. The maximum absolute atomic E-state index is 12.1. The van der Waals surface area contributed by atoms with Gasteiger partial charge in [-0.25, -0.2) is 4.98 Å². The summed E-state index contributed by atoms with van der Waals surface area (Å²) in [6, 6.07) is 2.07. The highest BCUT2D eigenvalue weighted by molar-refractivity contribution is 7.12. The van der Waals surface area contributed by atoms with Crippen molar-refractivity contribution in [3.05, 3.63) is 33.0 Å². The largest absolute Gasteiger partial charge is 0.343 e. The second-order valence-electron chi connectivity index (χ2n) is 5.26. The number of thiophene rings is 1. The second kappa shape index (κ2) is 5.75. The summed E-state index contributed by atoms with van der Waals surface area (Å²) in [4.78, 5) is 18.8. The molecule has 0 saturated heterocycles. The standard InChI is InChI=1S/C14H20N4OS/c1-7(2)12-16-13(18-17-12)14(19)15-9(4)11-6-8(3)20-10(11)5/h6-7,9H,1-5H3,(H,15,19)(H,16,17,18). The van der Waals surface area contributed by atoms with Crippen LogP contribution in [0.5, 0.6) is 0 Å². The number of hydrogen-bond acceptors (Lipinski definition) is 4. The van der Waals surface area contributed by atoms with Crippen molar-refractivity contribution in [2.45, 2.75) is 46.6 Å². The van der Waals surface area contributed by atoms with Gasteiger partial charge in [0.2, 0.25) is 5.82 Å². The van der Waals surface area contributed by atoms with Crippen LogP contribution in [0.15, 0.2) is 6.07 Å². The molecule has 0 spiro atoms. The molecule has 6 heteroatoms. The van der Waals surface area contributed by atoms with Gasteiger partial charge in [-0.3, -0.25) is 9.89 Å². The lowest BCUT2D eigenvalue weighted by Gasteiger charge is -2.12. The van der Waals surface area contributed by atoms with Crippen molar-refractivity contribution >= 4 is 17.2 Å². The van der Waals surface area contributed by atoms with Gasteiger partial charge in [0.25, 0.3) is 5.91 Å². The Bertz CT molecular complexity index is 614. The molecule has 20 heavy (non-hydrogen) atoms. The predicted molar refractivity (Wildman–Crippen MR) is 80.1 cm³/mol. The van der Waals surface area contributed by atoms with E-state index in [-0.39, 0.29) is 23.7 Å². The molecule has 0 bridgehead atoms. The van der Waals surface area contributed by atoms with Crippen LogP contribution in [0.3, 0.4) is 0 Å². The Morgan fingerprint density at radius 2 is 2.05 bits per heavy atom. The summed E-state index contributed by atoms with van der Waals surface area (Å²) < 4.78 is 0. The first kappa shape index (κ1) is 14.7. The lowest BCUT2D eigenvalue weighted by molar-refractivity contribution is 0.0929. The Morgan fingerprint density at radius 1 is 1.35 bits per heavy atom. The average molecular weight is 292 g/mol. The quantitative estimate of drug-likeness (QED) is 0.909. The van der Waals surface area contributed by atoms with Crippen molar-refractivity contribution in [1.29, 1.82) is 0 Å². The number of aryl methyl sites for hydroxylation is 2. The van der Waals surface area contributed by atoms with Gasteiger partial charge in [0.05, 0.1) is 6.04 Å². The molecule has 0 saturated carbocycles. The molecule has 0 fully saturated rings. The third kappa shape index (κ3) is 3.07. The summed E-state index contributed by atoms with van der Waals surface area (Å²) in [6.45, 7) is 10.1. The van der Waals surface area contributed by atoms with E-state index in [0.29, 0.717) is 0 Å². The summed E-state index contributed by atoms with van der Waals surface area (Å²) >= 11 is 1.74. The van der Waals surface area contributed by atoms with Crippen molar-refractivity contribution in [3.8, 4) is 0 Å². The lowest BCUT2D eigenvalue weighted by Crippen LogP contribution is -2.27. The highest BCUT2D eigenvalue weighted by atomic mass is 32.1. The Morgan fingerprint density at radius 3 is 2.55 bits per heavy atom. The molecule has 0 aliphatic carbocycles. The normalized spacial score (nSPS) is 12.7. The number of H-pyrrole nitrogens is 1. The van der Waals surface area contributed by atoms with Crippen LogP contribution < -0.4 is 5.32 Å². The van der Waals surface area contributed by atoms with Gasteiger partial charge in [-0.05, 0) is 32.4 Å². The van der Waals surface area contributed by atoms with Crippen molar-refractivity contribution < 1.29 is 4.79 Å². The first-order chi connectivity index (χ1) is 9.38. The molecule has 2 N–H and O–H groups in total. The second-order valence-corrected chi connectivity index (χ2v) is 6.72. The number of aromatic amines is 1. The molecule has 1 atom stereocenters. The van der Waals surface area contributed by atoms with Gasteiger partial charge in [0.1, 0.15) is 5.82 Å². The minimum Gasteiger partial charge on any atom is -0.343 e. The van der Waals surface area contributed by atoms with E-state index in [9.17, 15) is 4.79 Å². The smallest absolute Gasteiger partial charge is 0.291 e. The molecular formula is C14H20N4OS. The van der Waals surface area contributed by atoms with Crippen LogP contribution >= 0.6 is 11.3 Å². The fraction of sp³-hybridized carbons (Fsp3) is 0.500. The van der Waals surface area contributed by atoms with Gasteiger partial charge in [-0.1, -0.05) is 13.8 Å². The van der Waals surface area contributed by atoms with Crippen LogP contribution in [0.4, 0.5) is 0 Å². The van der Waals surface area contributed by atoms with Gasteiger partial charge in [-0.2, -0.15) is 0 Å². The molecule has 1 unspecified atom stereocenters. The minimum atomic E-state index is -0.246. The Hall–Kier alpha value is -1.69. The molecule has 0 aliphatic heterocycles. The third-order valence-electron chi connectivity index (χ3n) is 3.15. The first-order valence-corrected chi connectivity index (χ1v) is 7.50. The van der Waals surface area contributed by atoms with Gasteiger partial charge in [0, 0.05) is 15.7 Å². The third-order valence-corrected chi connectivity index (χ3v) is 4.13. The molecule has 0 radical (unpaired) electrons. The molecule has 2 heterocycles. The minimum absolute atomic E-state index is 0.0477. The number of rotatable bonds is 4. The molecule has 5 nitrogen and oxygen atoms in total. The highest BCUT2D eigenvalue weighted by Gasteiger charge is 2.18. The van der Waals surface area contributed by atoms with E-state index < -0.39 is 0 Å². The molecule has 0 aliphatic rings. The number of hydrogen-bond donors (Lipinski definition) is 2. The molecule has 2 rings (SSSR count). The number of carbonyl (C=O) groups excluding carboxylic acids is 1. The number of aromatic nitrogens is 3. The van der Waals surface area contributed by atoms with Crippen LogP contribution in [0.25, 0.3) is 0 Å². The summed E-state index contributed by atoms with van der Waals surface area (Å²) in [5, 5.41) is 9.70. The SMILES string of the molecule is Cc1cc(C(C)NC(=O)c2n[nH]c(C(C)C)n2)c(C)s1. The van der Waals surface area contributed by atoms with Crippen LogP contribution in [0.2, 0.25) is 0 Å². The fourth-order valence-corrected chi connectivity index (χ4v) is 3.08. The molecule has 1 amide bonds. The maximum atomic E-state index is 12.1. The fourth-order valence-electron chi connectivity index (χ4n) is 2.05. The zero-order chi connectivity index (χ0) is 14.9. The van der Waals surface area contributed by atoms with Crippen LogP contribution in [0, 0.1) is 13.8 Å². The molecule has 2 aromatic rings. The van der Waals surface area contributed by atoms with Crippen molar-refractivity contribution in [2.24, 2.45) is 0 Å². The predicted octanol–water partition coefficient (Wildman–Crippen LogP) is 3.10. The lowest BCUT2D eigenvalue weighted by atomic mass is 10.1. The summed E-state index contributed by atoms with van der Waals surface area (Å²) in [5.41, 5.74) is 1.15. The Balaban J connectivity index is 2.08. The first-order valence-electron chi connectivity index (χ1n) is 6.68.